The summed E-state index contributed by atoms with van der Waals surface area (Å²) in [6.45, 7) is 7.14. The van der Waals surface area contributed by atoms with Gasteiger partial charge in [0.2, 0.25) is 5.91 Å². The molecule has 1 atom stereocenters. The summed E-state index contributed by atoms with van der Waals surface area (Å²) in [5.74, 6) is -1.01. The van der Waals surface area contributed by atoms with E-state index in [-0.39, 0.29) is 18.4 Å². The number of nitrogens with zero attached hydrogens (tertiary/aromatic N) is 2. The van der Waals surface area contributed by atoms with Gasteiger partial charge >= 0.3 is 5.97 Å². The van der Waals surface area contributed by atoms with Gasteiger partial charge in [-0.2, -0.15) is 0 Å². The molecule has 0 aromatic heterocycles. The van der Waals surface area contributed by atoms with Crippen LogP contribution in [0.1, 0.15) is 65.1 Å². The van der Waals surface area contributed by atoms with Crippen LogP contribution in [0.3, 0.4) is 0 Å². The van der Waals surface area contributed by atoms with Crippen molar-refractivity contribution >= 4 is 33.7 Å². The maximum Gasteiger partial charge on any atom is 0.338 e. The molecule has 41 heavy (non-hydrogen) atoms. The number of quaternary nitrogens is 1. The maximum absolute atomic E-state index is 14.0. The van der Waals surface area contributed by atoms with Gasteiger partial charge in [0.25, 0.3) is 5.91 Å². The molecule has 3 aromatic carbocycles. The van der Waals surface area contributed by atoms with E-state index in [0.29, 0.717) is 23.3 Å². The molecule has 0 fully saturated rings. The fourth-order valence-electron chi connectivity index (χ4n) is 4.32. The van der Waals surface area contributed by atoms with E-state index < -0.39 is 17.6 Å². The van der Waals surface area contributed by atoms with Gasteiger partial charge in [-0.25, -0.2) is 4.79 Å². The van der Waals surface area contributed by atoms with Gasteiger partial charge in [0.15, 0.2) is 0 Å². The van der Waals surface area contributed by atoms with E-state index >= 15 is 0 Å². The minimum atomic E-state index is -0.944. The molecule has 1 N–H and O–H groups in total. The average Bonchev–Trinajstić information content (AvgIpc) is 2.90. The van der Waals surface area contributed by atoms with Crippen molar-refractivity contribution in [2.45, 2.75) is 45.3 Å². The van der Waals surface area contributed by atoms with Crippen molar-refractivity contribution in [2.75, 3.05) is 34.3 Å². The SMILES string of the molecule is CC(C)(C)NC(=O)C(c1ccc(C(=O)OCCC[N+](C)(C)C)cc1)N(Cc1ccccc1)C(=O)c1ccc(Br)cc1. The Bertz CT molecular complexity index is 1310. The molecular weight excluding hydrogens is 582 g/mol. The third-order valence-electron chi connectivity index (χ3n) is 6.27. The normalized spacial score (nSPS) is 12.4. The molecule has 0 saturated heterocycles. The molecule has 0 spiro atoms. The van der Waals surface area contributed by atoms with Crippen LogP contribution in [0.25, 0.3) is 0 Å². The third kappa shape index (κ3) is 10.1. The van der Waals surface area contributed by atoms with Crippen molar-refractivity contribution in [1.29, 1.82) is 0 Å². The van der Waals surface area contributed by atoms with Crippen molar-refractivity contribution in [3.05, 3.63) is 106 Å². The number of hydrogen-bond acceptors (Lipinski definition) is 4. The van der Waals surface area contributed by atoms with Gasteiger partial charge in [0.05, 0.1) is 39.9 Å². The molecule has 0 aliphatic heterocycles. The molecule has 0 radical (unpaired) electrons. The number of halogens is 1. The van der Waals surface area contributed by atoms with Crippen LogP contribution in [0, 0.1) is 0 Å². The Morgan fingerprint density at radius 3 is 2.02 bits per heavy atom. The first kappa shape index (κ1) is 32.0. The quantitative estimate of drug-likeness (QED) is 0.162. The highest BCUT2D eigenvalue weighted by molar-refractivity contribution is 9.10. The summed E-state index contributed by atoms with van der Waals surface area (Å²) in [5, 5.41) is 3.05. The number of benzene rings is 3. The highest BCUT2D eigenvalue weighted by atomic mass is 79.9. The van der Waals surface area contributed by atoms with E-state index in [4.69, 9.17) is 4.74 Å². The van der Waals surface area contributed by atoms with Crippen LogP contribution >= 0.6 is 15.9 Å². The Hall–Kier alpha value is -3.49. The molecule has 218 valence electrons. The predicted molar refractivity (Wildman–Crippen MR) is 165 cm³/mol. The lowest BCUT2D eigenvalue weighted by molar-refractivity contribution is -0.870. The molecule has 3 rings (SSSR count). The molecular formula is C33H41BrN3O4+. The summed E-state index contributed by atoms with van der Waals surface area (Å²) in [5.41, 5.74) is 1.81. The molecule has 0 aliphatic carbocycles. The Morgan fingerprint density at radius 2 is 1.46 bits per heavy atom. The van der Waals surface area contributed by atoms with E-state index in [0.717, 1.165) is 27.5 Å². The molecule has 2 amide bonds. The number of nitrogens with one attached hydrogen (secondary N) is 1. The van der Waals surface area contributed by atoms with Crippen molar-refractivity contribution in [3.63, 3.8) is 0 Å². The number of ether oxygens (including phenoxy) is 1. The second kappa shape index (κ2) is 13.9. The zero-order valence-electron chi connectivity index (χ0n) is 24.8. The Balaban J connectivity index is 1.96. The van der Waals surface area contributed by atoms with E-state index in [1.54, 1.807) is 53.4 Å². The van der Waals surface area contributed by atoms with Gasteiger partial charge in [-0.15, -0.1) is 0 Å². The number of esters is 1. The largest absolute Gasteiger partial charge is 0.462 e. The zero-order chi connectivity index (χ0) is 30.2. The van der Waals surface area contributed by atoms with E-state index in [9.17, 15) is 14.4 Å². The smallest absolute Gasteiger partial charge is 0.338 e. The lowest BCUT2D eigenvalue weighted by Crippen LogP contribution is -2.49. The molecule has 7 nitrogen and oxygen atoms in total. The predicted octanol–water partition coefficient (Wildman–Crippen LogP) is 6.00. The fraction of sp³-hybridized carbons (Fsp3) is 0.364. The van der Waals surface area contributed by atoms with Gasteiger partial charge in [0.1, 0.15) is 6.04 Å². The number of hydrogen-bond donors (Lipinski definition) is 1. The van der Waals surface area contributed by atoms with Crippen LogP contribution < -0.4 is 5.32 Å². The number of rotatable bonds is 11. The number of carbonyl (C=O) groups excluding carboxylic acids is 3. The second-order valence-corrected chi connectivity index (χ2v) is 13.1. The van der Waals surface area contributed by atoms with Crippen LogP contribution in [0.2, 0.25) is 0 Å². The van der Waals surface area contributed by atoms with Crippen LogP contribution in [-0.4, -0.2) is 67.0 Å². The highest BCUT2D eigenvalue weighted by Gasteiger charge is 2.34. The third-order valence-corrected chi connectivity index (χ3v) is 6.80. The molecule has 0 heterocycles. The summed E-state index contributed by atoms with van der Waals surface area (Å²) in [6, 6.07) is 22.5. The molecule has 0 aliphatic rings. The molecule has 0 saturated carbocycles. The first-order chi connectivity index (χ1) is 19.2. The first-order valence-electron chi connectivity index (χ1n) is 13.7. The molecule has 8 heteroatoms. The van der Waals surface area contributed by atoms with Crippen LogP contribution in [0.5, 0.6) is 0 Å². The van der Waals surface area contributed by atoms with Gasteiger partial charge in [-0.1, -0.05) is 58.4 Å². The van der Waals surface area contributed by atoms with Gasteiger partial charge < -0.3 is 19.4 Å². The Kier molecular flexibility index (Phi) is 10.9. The minimum absolute atomic E-state index is 0.216. The number of carbonyl (C=O) groups is 3. The van der Waals surface area contributed by atoms with Crippen molar-refractivity contribution in [3.8, 4) is 0 Å². The maximum atomic E-state index is 14.0. The summed E-state index contributed by atoms with van der Waals surface area (Å²) in [6.07, 6.45) is 0.759. The van der Waals surface area contributed by atoms with E-state index in [1.165, 1.54) is 0 Å². The zero-order valence-corrected chi connectivity index (χ0v) is 26.4. The Morgan fingerprint density at radius 1 is 0.878 bits per heavy atom. The average molecular weight is 624 g/mol. The van der Waals surface area contributed by atoms with Crippen molar-refractivity contribution in [1.82, 2.24) is 10.2 Å². The fourth-order valence-corrected chi connectivity index (χ4v) is 4.58. The Labute approximate surface area is 252 Å². The molecule has 3 aromatic rings. The topological polar surface area (TPSA) is 75.7 Å². The second-order valence-electron chi connectivity index (χ2n) is 12.2. The van der Waals surface area contributed by atoms with Crippen LogP contribution in [-0.2, 0) is 16.1 Å². The summed E-state index contributed by atoms with van der Waals surface area (Å²) in [7, 11) is 6.28. The van der Waals surface area contributed by atoms with Crippen LogP contribution in [0.4, 0.5) is 0 Å². The van der Waals surface area contributed by atoms with Crippen molar-refractivity contribution < 1.29 is 23.6 Å². The van der Waals surface area contributed by atoms with Gasteiger partial charge in [-0.05, 0) is 68.3 Å². The van der Waals surface area contributed by atoms with Crippen LogP contribution in [0.15, 0.2) is 83.3 Å². The van der Waals surface area contributed by atoms with Gasteiger partial charge in [0, 0.05) is 28.5 Å². The molecule has 1 unspecified atom stereocenters. The molecule has 0 bridgehead atoms. The van der Waals surface area contributed by atoms with Crippen molar-refractivity contribution in [2.24, 2.45) is 0 Å². The first-order valence-corrected chi connectivity index (χ1v) is 14.5. The monoisotopic (exact) mass is 622 g/mol. The summed E-state index contributed by atoms with van der Waals surface area (Å²) >= 11 is 3.43. The lowest BCUT2D eigenvalue weighted by atomic mass is 9.98. The van der Waals surface area contributed by atoms with E-state index in [1.807, 2.05) is 51.1 Å². The summed E-state index contributed by atoms with van der Waals surface area (Å²) in [4.78, 5) is 42.1. The standard InChI is InChI=1S/C33H40BrN3O4/c1-33(2,3)35-30(38)29(25-13-15-27(16-14-25)32(40)41-22-10-21-37(4,5)6)36(23-24-11-8-7-9-12-24)31(39)26-17-19-28(34)20-18-26/h7-9,11-20,29H,10,21-23H2,1-6H3/p+1. The minimum Gasteiger partial charge on any atom is -0.462 e. The number of amides is 2. The lowest BCUT2D eigenvalue weighted by Gasteiger charge is -2.34. The van der Waals surface area contributed by atoms with Gasteiger partial charge in [-0.3, -0.25) is 9.59 Å². The highest BCUT2D eigenvalue weighted by Crippen LogP contribution is 2.28. The summed E-state index contributed by atoms with van der Waals surface area (Å²) < 4.78 is 7.12. The van der Waals surface area contributed by atoms with E-state index in [2.05, 4.69) is 42.4 Å².